The minimum Gasteiger partial charge on any atom is -0.420 e. The second-order valence-electron chi connectivity index (χ2n) is 9.20. The van der Waals surface area contributed by atoms with Crippen LogP contribution >= 0.6 is 11.6 Å². The number of alkyl halides is 4. The number of hydrogen-bond donors (Lipinski definition) is 1. The molecule has 5 rings (SSSR count). The number of anilines is 2. The Morgan fingerprint density at radius 1 is 1.29 bits per heavy atom. The number of ether oxygens (including phenoxy) is 1. The quantitative estimate of drug-likeness (QED) is 0.487. The number of nitrogens with one attached hydrogen (secondary N) is 1. The molecule has 3 fully saturated rings. The molecule has 3 atom stereocenters. The van der Waals surface area contributed by atoms with Crippen LogP contribution in [0.15, 0.2) is 36.5 Å². The number of carbonyl (C=O) groups excluding carboxylic acids is 1. The fourth-order valence-electron chi connectivity index (χ4n) is 4.45. The van der Waals surface area contributed by atoms with Gasteiger partial charge in [0.2, 0.25) is 0 Å². The van der Waals surface area contributed by atoms with E-state index in [1.165, 1.54) is 30.5 Å². The predicted molar refractivity (Wildman–Crippen MR) is 121 cm³/mol. The van der Waals surface area contributed by atoms with E-state index in [9.17, 15) is 18.0 Å². The molecular weight excluding hydrogens is 474 g/mol. The molecule has 34 heavy (non-hydrogen) atoms. The minimum atomic E-state index is -3.83. The van der Waals surface area contributed by atoms with E-state index in [2.05, 4.69) is 15.0 Å². The number of nitrogens with zero attached hydrogens (tertiary/aromatic N) is 2. The monoisotopic (exact) mass is 495 g/mol. The number of carbonyl (C=O) groups is 1. The Kier molecular flexibility index (Phi) is 5.49. The molecular formula is C22H22BClF3N3O4. The predicted octanol–water partition coefficient (Wildman–Crippen LogP) is 3.71. The Balaban J connectivity index is 1.37. The van der Waals surface area contributed by atoms with Gasteiger partial charge in [0.05, 0.1) is 23.3 Å². The van der Waals surface area contributed by atoms with Gasteiger partial charge in [0.15, 0.2) is 0 Å². The van der Waals surface area contributed by atoms with Crippen LogP contribution in [-0.4, -0.2) is 54.0 Å². The molecule has 12 heteroatoms. The second-order valence-corrected chi connectivity index (χ2v) is 9.64. The van der Waals surface area contributed by atoms with E-state index in [0.29, 0.717) is 29.9 Å². The highest BCUT2D eigenvalue weighted by Crippen LogP contribution is 2.58. The number of amides is 1. The lowest BCUT2D eigenvalue weighted by Crippen LogP contribution is -2.41. The SMILES string of the molecule is CC12CC1(C)OB(c1cc(C(=O)Nc3ccc(OC(F)(F)Cl)cc3)cnc1N1CC[C@@H](F)C1)O2. The molecule has 0 bridgehead atoms. The first kappa shape index (κ1) is 23.3. The van der Waals surface area contributed by atoms with Crippen LogP contribution in [0.4, 0.5) is 24.7 Å². The summed E-state index contributed by atoms with van der Waals surface area (Å²) in [6, 6.07) is 6.96. The van der Waals surface area contributed by atoms with Crippen LogP contribution in [0.25, 0.3) is 0 Å². The summed E-state index contributed by atoms with van der Waals surface area (Å²) in [5.74, 6) is -0.0973. The van der Waals surface area contributed by atoms with Gasteiger partial charge in [0.1, 0.15) is 17.7 Å². The summed E-state index contributed by atoms with van der Waals surface area (Å²) in [5.41, 5.74) is -3.49. The normalized spacial score (nSPS) is 28.1. The van der Waals surface area contributed by atoms with Gasteiger partial charge >= 0.3 is 12.7 Å². The highest BCUT2D eigenvalue weighted by Gasteiger charge is 2.71. The number of rotatable bonds is 6. The molecule has 7 nitrogen and oxygen atoms in total. The maximum atomic E-state index is 13.9. The standard InChI is InChI=1S/C22H22BClF3N3O4/c1-20-12-21(20,2)34-23(33-20)17-9-13(10-28-18(17)30-8-7-14(25)11-30)19(31)29-15-3-5-16(6-4-15)32-22(24,26)27/h3-6,9-10,14H,7-8,11-12H2,1-2H3,(H,29,31)/t14-,20?,21?/m1/s1. The van der Waals surface area contributed by atoms with Crippen molar-refractivity contribution in [1.29, 1.82) is 0 Å². The first-order valence-electron chi connectivity index (χ1n) is 10.9. The molecule has 1 aromatic heterocycles. The van der Waals surface area contributed by atoms with Crippen molar-refractivity contribution in [3.8, 4) is 5.75 Å². The smallest absolute Gasteiger partial charge is 0.420 e. The molecule has 1 N–H and O–H groups in total. The number of halogens is 4. The largest absolute Gasteiger partial charge is 0.498 e. The molecule has 2 saturated heterocycles. The molecule has 1 amide bonds. The van der Waals surface area contributed by atoms with E-state index in [4.69, 9.17) is 20.9 Å². The van der Waals surface area contributed by atoms with Gasteiger partial charge in [-0.15, -0.1) is 8.78 Å². The van der Waals surface area contributed by atoms with Crippen LogP contribution in [0.1, 0.15) is 37.0 Å². The summed E-state index contributed by atoms with van der Waals surface area (Å²) in [6.07, 6.45) is 1.63. The van der Waals surface area contributed by atoms with Gasteiger partial charge in [0, 0.05) is 41.9 Å². The molecule has 2 aliphatic heterocycles. The highest BCUT2D eigenvalue weighted by molar-refractivity contribution is 6.64. The zero-order valence-electron chi connectivity index (χ0n) is 18.5. The van der Waals surface area contributed by atoms with Crippen molar-refractivity contribution in [1.82, 2.24) is 4.98 Å². The van der Waals surface area contributed by atoms with Gasteiger partial charge in [0.25, 0.3) is 5.91 Å². The van der Waals surface area contributed by atoms with E-state index in [0.717, 1.165) is 6.42 Å². The molecule has 1 aromatic carbocycles. The number of pyridine rings is 1. The lowest BCUT2D eigenvalue weighted by molar-refractivity contribution is -0.0964. The molecule has 1 aliphatic carbocycles. The summed E-state index contributed by atoms with van der Waals surface area (Å²) in [6.45, 7) is 4.65. The Hall–Kier alpha value is -2.50. The lowest BCUT2D eigenvalue weighted by Gasteiger charge is -2.22. The second kappa shape index (κ2) is 8.03. The first-order valence-corrected chi connectivity index (χ1v) is 11.2. The maximum absolute atomic E-state index is 13.9. The fraction of sp³-hybridized carbons (Fsp3) is 0.455. The van der Waals surface area contributed by atoms with Gasteiger partial charge in [-0.05, 0) is 50.6 Å². The van der Waals surface area contributed by atoms with Crippen molar-refractivity contribution in [2.75, 3.05) is 23.3 Å². The van der Waals surface area contributed by atoms with Crippen molar-refractivity contribution in [2.24, 2.45) is 0 Å². The summed E-state index contributed by atoms with van der Waals surface area (Å²) in [4.78, 5) is 19.2. The summed E-state index contributed by atoms with van der Waals surface area (Å²) < 4.78 is 56.0. The lowest BCUT2D eigenvalue weighted by atomic mass is 9.78. The van der Waals surface area contributed by atoms with Crippen LogP contribution < -0.4 is 20.4 Å². The van der Waals surface area contributed by atoms with Crippen LogP contribution in [0, 0.1) is 0 Å². The van der Waals surface area contributed by atoms with Crippen LogP contribution in [-0.2, 0) is 9.31 Å². The third kappa shape index (κ3) is 4.44. The van der Waals surface area contributed by atoms with E-state index < -0.39 is 36.0 Å². The molecule has 2 aromatic rings. The Morgan fingerprint density at radius 3 is 2.56 bits per heavy atom. The van der Waals surface area contributed by atoms with Crippen molar-refractivity contribution in [2.45, 2.75) is 49.6 Å². The topological polar surface area (TPSA) is 72.9 Å². The molecule has 180 valence electrons. The van der Waals surface area contributed by atoms with E-state index in [-0.39, 0.29) is 17.9 Å². The number of hydrogen-bond acceptors (Lipinski definition) is 6. The van der Waals surface area contributed by atoms with Gasteiger partial charge in [-0.1, -0.05) is 0 Å². The minimum absolute atomic E-state index is 0.154. The number of aromatic nitrogens is 1. The molecule has 2 unspecified atom stereocenters. The number of benzene rings is 1. The summed E-state index contributed by atoms with van der Waals surface area (Å²) in [7, 11) is -0.730. The van der Waals surface area contributed by atoms with Gasteiger partial charge in [-0.25, -0.2) is 9.37 Å². The summed E-state index contributed by atoms with van der Waals surface area (Å²) >= 11 is 4.76. The average Bonchev–Trinajstić information content (AvgIpc) is 3.03. The molecule has 1 saturated carbocycles. The van der Waals surface area contributed by atoms with Gasteiger partial charge < -0.3 is 24.3 Å². The molecule has 3 heterocycles. The molecule has 0 spiro atoms. The van der Waals surface area contributed by atoms with E-state index in [1.54, 1.807) is 6.07 Å². The zero-order valence-corrected chi connectivity index (χ0v) is 19.2. The van der Waals surface area contributed by atoms with Crippen LogP contribution in [0.5, 0.6) is 5.75 Å². The Labute approximate surface area is 199 Å². The van der Waals surface area contributed by atoms with Crippen LogP contribution in [0.3, 0.4) is 0 Å². The van der Waals surface area contributed by atoms with Gasteiger partial charge in [-0.3, -0.25) is 4.79 Å². The summed E-state index contributed by atoms with van der Waals surface area (Å²) in [5, 5.41) is 2.68. The maximum Gasteiger partial charge on any atom is 0.498 e. The zero-order chi connectivity index (χ0) is 24.3. The third-order valence-electron chi connectivity index (χ3n) is 6.59. The number of fused-ring (bicyclic) bond motifs is 1. The van der Waals surface area contributed by atoms with E-state index in [1.807, 2.05) is 18.7 Å². The van der Waals surface area contributed by atoms with Crippen LogP contribution in [0.2, 0.25) is 0 Å². The highest BCUT2D eigenvalue weighted by atomic mass is 35.5. The van der Waals surface area contributed by atoms with Gasteiger partial charge in [-0.2, -0.15) is 0 Å². The fourth-order valence-corrected chi connectivity index (χ4v) is 4.53. The third-order valence-corrected chi connectivity index (χ3v) is 6.67. The Morgan fingerprint density at radius 2 is 1.97 bits per heavy atom. The molecule has 3 aliphatic rings. The van der Waals surface area contributed by atoms with Crippen molar-refractivity contribution in [3.05, 3.63) is 42.1 Å². The van der Waals surface area contributed by atoms with Crippen molar-refractivity contribution < 1.29 is 32.0 Å². The van der Waals surface area contributed by atoms with Crippen molar-refractivity contribution in [3.63, 3.8) is 0 Å². The van der Waals surface area contributed by atoms with E-state index >= 15 is 0 Å². The first-order chi connectivity index (χ1) is 15.9. The van der Waals surface area contributed by atoms with Crippen molar-refractivity contribution >= 4 is 41.6 Å². The Bertz CT molecular complexity index is 1110. The average molecular weight is 496 g/mol. The molecule has 0 radical (unpaired) electrons.